The molecule has 1 aliphatic rings. The first kappa shape index (κ1) is 19.7. The molecular weight excluding hydrogens is 386 g/mol. The maximum atomic E-state index is 12.5. The van der Waals surface area contributed by atoms with Gasteiger partial charge < -0.3 is 9.73 Å². The number of nitrogens with zero attached hydrogens (tertiary/aromatic N) is 2. The van der Waals surface area contributed by atoms with Crippen LogP contribution in [-0.2, 0) is 11.2 Å². The average molecular weight is 410 g/mol. The molecular formula is C23H24ClN3O2. The zero-order valence-electron chi connectivity index (χ0n) is 16.2. The summed E-state index contributed by atoms with van der Waals surface area (Å²) in [5.74, 6) is 0.464. The highest BCUT2D eigenvalue weighted by Crippen LogP contribution is 2.26. The first-order valence-corrected chi connectivity index (χ1v) is 10.3. The van der Waals surface area contributed by atoms with Crippen LogP contribution in [-0.4, -0.2) is 35.4 Å². The molecule has 29 heavy (non-hydrogen) atoms. The smallest absolute Gasteiger partial charge is 0.226 e. The van der Waals surface area contributed by atoms with Crippen LogP contribution in [0, 0.1) is 0 Å². The maximum absolute atomic E-state index is 12.5. The van der Waals surface area contributed by atoms with Crippen LogP contribution in [0.3, 0.4) is 0 Å². The Morgan fingerprint density at radius 2 is 1.93 bits per heavy atom. The predicted octanol–water partition coefficient (Wildman–Crippen LogP) is 4.49. The largest absolute Gasteiger partial charge is 0.444 e. The van der Waals surface area contributed by atoms with Crippen LogP contribution >= 0.6 is 11.6 Å². The minimum absolute atomic E-state index is 0.0656. The first-order valence-electron chi connectivity index (χ1n) is 9.95. The Morgan fingerprint density at radius 3 is 2.69 bits per heavy atom. The van der Waals surface area contributed by atoms with Crippen LogP contribution in [0.5, 0.6) is 0 Å². The molecule has 6 heteroatoms. The Morgan fingerprint density at radius 1 is 1.14 bits per heavy atom. The monoisotopic (exact) mass is 409 g/mol. The van der Waals surface area contributed by atoms with Gasteiger partial charge in [0.1, 0.15) is 6.26 Å². The molecule has 0 aliphatic carbocycles. The van der Waals surface area contributed by atoms with Crippen molar-refractivity contribution < 1.29 is 9.21 Å². The molecule has 1 saturated heterocycles. The molecule has 1 atom stereocenters. The van der Waals surface area contributed by atoms with Crippen LogP contribution in [0.25, 0.3) is 11.5 Å². The van der Waals surface area contributed by atoms with Gasteiger partial charge in [-0.3, -0.25) is 9.69 Å². The van der Waals surface area contributed by atoms with Crippen LogP contribution < -0.4 is 5.32 Å². The Kier molecular flexibility index (Phi) is 6.27. The molecule has 3 aromatic rings. The summed E-state index contributed by atoms with van der Waals surface area (Å²) in [5, 5.41) is 3.79. The maximum Gasteiger partial charge on any atom is 0.226 e. The van der Waals surface area contributed by atoms with Gasteiger partial charge in [-0.2, -0.15) is 0 Å². The Balaban J connectivity index is 1.39. The molecule has 1 fully saturated rings. The molecule has 1 N–H and O–H groups in total. The fourth-order valence-electron chi connectivity index (χ4n) is 3.76. The molecule has 1 amide bonds. The molecule has 1 unspecified atom stereocenters. The van der Waals surface area contributed by atoms with E-state index in [1.165, 1.54) is 12.8 Å². The SMILES string of the molecule is O=C(Cc1coc(-c2ccccc2)n1)NCC(c1cccc(Cl)c1)N1CCCC1. The quantitative estimate of drug-likeness (QED) is 0.624. The zero-order chi connectivity index (χ0) is 20.1. The van der Waals surface area contributed by atoms with Crippen molar-refractivity contribution in [3.8, 4) is 11.5 Å². The highest BCUT2D eigenvalue weighted by molar-refractivity contribution is 6.30. The van der Waals surface area contributed by atoms with E-state index in [0.29, 0.717) is 23.2 Å². The van der Waals surface area contributed by atoms with Crippen molar-refractivity contribution in [2.75, 3.05) is 19.6 Å². The molecule has 2 aromatic carbocycles. The van der Waals surface area contributed by atoms with E-state index >= 15 is 0 Å². The summed E-state index contributed by atoms with van der Waals surface area (Å²) in [6, 6.07) is 17.7. The third kappa shape index (κ3) is 5.05. The Hall–Kier alpha value is -2.63. The normalized spacial score (nSPS) is 15.3. The van der Waals surface area contributed by atoms with Crippen LogP contribution in [0.2, 0.25) is 5.02 Å². The van der Waals surface area contributed by atoms with E-state index in [4.69, 9.17) is 16.0 Å². The minimum Gasteiger partial charge on any atom is -0.444 e. The summed E-state index contributed by atoms with van der Waals surface area (Å²) in [7, 11) is 0. The van der Waals surface area contributed by atoms with Crippen molar-refractivity contribution in [2.24, 2.45) is 0 Å². The number of rotatable bonds is 7. The van der Waals surface area contributed by atoms with E-state index in [1.807, 2.05) is 48.5 Å². The van der Waals surface area contributed by atoms with Crippen molar-refractivity contribution in [3.05, 3.63) is 77.1 Å². The lowest BCUT2D eigenvalue weighted by Gasteiger charge is -2.28. The van der Waals surface area contributed by atoms with Crippen LogP contribution in [0.1, 0.15) is 30.1 Å². The number of oxazole rings is 1. The number of nitrogens with one attached hydrogen (secondary N) is 1. The second kappa shape index (κ2) is 9.25. The topological polar surface area (TPSA) is 58.4 Å². The van der Waals surface area contributed by atoms with Gasteiger partial charge >= 0.3 is 0 Å². The van der Waals surface area contributed by atoms with Gasteiger partial charge in [0.2, 0.25) is 11.8 Å². The molecule has 150 valence electrons. The minimum atomic E-state index is -0.0656. The predicted molar refractivity (Wildman–Crippen MR) is 114 cm³/mol. The summed E-state index contributed by atoms with van der Waals surface area (Å²) in [5.41, 5.74) is 2.66. The van der Waals surface area contributed by atoms with Gasteiger partial charge in [0.25, 0.3) is 0 Å². The molecule has 1 aromatic heterocycles. The van der Waals surface area contributed by atoms with E-state index in [2.05, 4.69) is 21.3 Å². The summed E-state index contributed by atoms with van der Waals surface area (Å²) in [4.78, 5) is 19.4. The number of hydrogen-bond acceptors (Lipinski definition) is 4. The van der Waals surface area contributed by atoms with Gasteiger partial charge in [0.05, 0.1) is 18.2 Å². The molecule has 0 radical (unpaired) electrons. The summed E-state index contributed by atoms with van der Waals surface area (Å²) in [6.45, 7) is 2.62. The number of carbonyl (C=O) groups excluding carboxylic acids is 1. The van der Waals surface area contributed by atoms with E-state index in [1.54, 1.807) is 6.26 Å². The lowest BCUT2D eigenvalue weighted by molar-refractivity contribution is -0.120. The number of likely N-dealkylation sites (tertiary alicyclic amines) is 1. The highest BCUT2D eigenvalue weighted by Gasteiger charge is 2.24. The van der Waals surface area contributed by atoms with Crippen molar-refractivity contribution in [2.45, 2.75) is 25.3 Å². The van der Waals surface area contributed by atoms with Gasteiger partial charge in [0.15, 0.2) is 0 Å². The molecule has 0 spiro atoms. The Bertz CT molecular complexity index is 952. The molecule has 0 saturated carbocycles. The zero-order valence-corrected chi connectivity index (χ0v) is 16.9. The number of benzene rings is 2. The van der Waals surface area contributed by atoms with Crippen LogP contribution in [0.15, 0.2) is 65.3 Å². The van der Waals surface area contributed by atoms with Crippen molar-refractivity contribution in [3.63, 3.8) is 0 Å². The number of amides is 1. The average Bonchev–Trinajstić information content (AvgIpc) is 3.41. The van der Waals surface area contributed by atoms with Gasteiger partial charge in [-0.15, -0.1) is 0 Å². The standard InChI is InChI=1S/C23H24ClN3O2/c24-19-10-6-9-18(13-19)21(27-11-4-5-12-27)15-25-22(28)14-20-16-29-23(26-20)17-7-2-1-3-8-17/h1-3,6-10,13,16,21H,4-5,11-12,14-15H2,(H,25,28). The van der Waals surface area contributed by atoms with Gasteiger partial charge in [-0.05, 0) is 55.8 Å². The number of aromatic nitrogens is 1. The summed E-state index contributed by atoms with van der Waals surface area (Å²) >= 11 is 6.19. The number of hydrogen-bond donors (Lipinski definition) is 1. The van der Waals surface area contributed by atoms with Gasteiger partial charge in [0, 0.05) is 17.1 Å². The van der Waals surface area contributed by atoms with E-state index in [0.717, 1.165) is 24.2 Å². The van der Waals surface area contributed by atoms with Crippen molar-refractivity contribution in [1.29, 1.82) is 0 Å². The fraction of sp³-hybridized carbons (Fsp3) is 0.304. The third-order valence-electron chi connectivity index (χ3n) is 5.22. The van der Waals surface area contributed by atoms with Gasteiger partial charge in [-0.25, -0.2) is 4.98 Å². The van der Waals surface area contributed by atoms with E-state index in [-0.39, 0.29) is 18.4 Å². The molecule has 1 aliphatic heterocycles. The summed E-state index contributed by atoms with van der Waals surface area (Å²) < 4.78 is 5.53. The molecule has 2 heterocycles. The molecule has 0 bridgehead atoms. The second-order valence-corrected chi connectivity index (χ2v) is 7.74. The molecule has 4 rings (SSSR count). The highest BCUT2D eigenvalue weighted by atomic mass is 35.5. The van der Waals surface area contributed by atoms with E-state index < -0.39 is 0 Å². The lowest BCUT2D eigenvalue weighted by atomic mass is 10.1. The summed E-state index contributed by atoms with van der Waals surface area (Å²) in [6.07, 6.45) is 4.12. The number of carbonyl (C=O) groups is 1. The van der Waals surface area contributed by atoms with Crippen LogP contribution in [0.4, 0.5) is 0 Å². The number of halogens is 1. The van der Waals surface area contributed by atoms with Crippen molar-refractivity contribution in [1.82, 2.24) is 15.2 Å². The first-order chi connectivity index (χ1) is 14.2. The van der Waals surface area contributed by atoms with Gasteiger partial charge in [-0.1, -0.05) is 41.9 Å². The second-order valence-electron chi connectivity index (χ2n) is 7.30. The third-order valence-corrected chi connectivity index (χ3v) is 5.46. The Labute approximate surface area is 175 Å². The van der Waals surface area contributed by atoms with E-state index in [9.17, 15) is 4.79 Å². The lowest BCUT2D eigenvalue weighted by Crippen LogP contribution is -2.37. The fourth-order valence-corrected chi connectivity index (χ4v) is 3.96. The molecule has 5 nitrogen and oxygen atoms in total. The van der Waals surface area contributed by atoms with Crippen molar-refractivity contribution >= 4 is 17.5 Å².